The molecule has 3 rings (SSSR count). The number of rotatable bonds is 8. The summed E-state index contributed by atoms with van der Waals surface area (Å²) in [5.74, 6) is 0.736. The maximum absolute atomic E-state index is 13.3. The van der Waals surface area contributed by atoms with Gasteiger partial charge in [0.1, 0.15) is 0 Å². The van der Waals surface area contributed by atoms with Gasteiger partial charge in [0.05, 0.1) is 30.6 Å². The second-order valence-electron chi connectivity index (χ2n) is 9.14. The third-order valence-electron chi connectivity index (χ3n) is 6.29. The van der Waals surface area contributed by atoms with Crippen LogP contribution in [-0.2, 0) is 24.7 Å². The van der Waals surface area contributed by atoms with E-state index in [0.29, 0.717) is 37.3 Å². The van der Waals surface area contributed by atoms with E-state index in [1.165, 1.54) is 30.7 Å². The Morgan fingerprint density at radius 1 is 1.12 bits per heavy atom. The zero-order valence-electron chi connectivity index (χ0n) is 19.7. The van der Waals surface area contributed by atoms with Gasteiger partial charge in [0, 0.05) is 37.7 Å². The molecule has 0 saturated carbocycles. The van der Waals surface area contributed by atoms with Gasteiger partial charge < -0.3 is 14.4 Å². The molecule has 1 aromatic carbocycles. The van der Waals surface area contributed by atoms with E-state index in [-0.39, 0.29) is 53.3 Å². The SMILES string of the molecule is COc1ccc(S(=O)(=O)N2CCC(C(=O)N(CC(C)C)[C@H]3CCS(=O)(=O)C3)CC2)cc1OC. The Morgan fingerprint density at radius 2 is 1.76 bits per heavy atom. The Kier molecular flexibility index (Phi) is 7.95. The van der Waals surface area contributed by atoms with Gasteiger partial charge in [-0.25, -0.2) is 16.8 Å². The average Bonchev–Trinajstić information content (AvgIpc) is 3.15. The summed E-state index contributed by atoms with van der Waals surface area (Å²) in [5, 5.41) is 0. The lowest BCUT2D eigenvalue weighted by Crippen LogP contribution is -2.49. The van der Waals surface area contributed by atoms with E-state index in [0.717, 1.165) is 0 Å². The number of nitrogens with zero attached hydrogens (tertiary/aromatic N) is 2. The first-order chi connectivity index (χ1) is 15.5. The summed E-state index contributed by atoms with van der Waals surface area (Å²) in [7, 11) is -3.92. The van der Waals surface area contributed by atoms with Crippen LogP contribution in [0.25, 0.3) is 0 Å². The molecular formula is C22H34N2O7S2. The number of hydrogen-bond donors (Lipinski definition) is 0. The Morgan fingerprint density at radius 3 is 2.27 bits per heavy atom. The second kappa shape index (κ2) is 10.2. The highest BCUT2D eigenvalue weighted by molar-refractivity contribution is 7.91. The van der Waals surface area contributed by atoms with Crippen LogP contribution in [0, 0.1) is 11.8 Å². The lowest BCUT2D eigenvalue weighted by atomic mass is 9.95. The van der Waals surface area contributed by atoms with Crippen LogP contribution in [0.15, 0.2) is 23.1 Å². The minimum atomic E-state index is -3.75. The van der Waals surface area contributed by atoms with Crippen molar-refractivity contribution in [3.63, 3.8) is 0 Å². The van der Waals surface area contributed by atoms with Crippen molar-refractivity contribution in [2.75, 3.05) is 45.4 Å². The minimum Gasteiger partial charge on any atom is -0.493 e. The molecule has 0 N–H and O–H groups in total. The van der Waals surface area contributed by atoms with Crippen molar-refractivity contribution in [3.8, 4) is 11.5 Å². The maximum atomic E-state index is 13.3. The second-order valence-corrected chi connectivity index (χ2v) is 13.3. The van der Waals surface area contributed by atoms with Crippen LogP contribution in [0.3, 0.4) is 0 Å². The van der Waals surface area contributed by atoms with E-state index < -0.39 is 19.9 Å². The normalized spacial score (nSPS) is 21.8. The standard InChI is InChI=1S/C22H34N2O7S2/c1-16(2)14-24(18-9-12-32(26,27)15-18)22(25)17-7-10-23(11-8-17)33(28,29)19-5-6-20(30-3)21(13-19)31-4/h5-6,13,16-18H,7-12,14-15H2,1-4H3/t18-/m0/s1. The fourth-order valence-electron chi connectivity index (χ4n) is 4.54. The number of sulfonamides is 1. The molecule has 2 heterocycles. The number of amides is 1. The Hall–Kier alpha value is -1.85. The third-order valence-corrected chi connectivity index (χ3v) is 9.94. The summed E-state index contributed by atoms with van der Waals surface area (Å²) < 4.78 is 62.1. The average molecular weight is 503 g/mol. The van der Waals surface area contributed by atoms with Gasteiger partial charge in [-0.2, -0.15) is 4.31 Å². The van der Waals surface area contributed by atoms with Crippen LogP contribution in [0.5, 0.6) is 11.5 Å². The van der Waals surface area contributed by atoms with Gasteiger partial charge >= 0.3 is 0 Å². The molecule has 0 bridgehead atoms. The lowest BCUT2D eigenvalue weighted by molar-refractivity contribution is -0.139. The summed E-state index contributed by atoms with van der Waals surface area (Å²) in [5.41, 5.74) is 0. The van der Waals surface area contributed by atoms with E-state index in [1.807, 2.05) is 13.8 Å². The van der Waals surface area contributed by atoms with Gasteiger partial charge in [-0.3, -0.25) is 4.79 Å². The fourth-order valence-corrected chi connectivity index (χ4v) is 7.75. The Balaban J connectivity index is 1.70. The first-order valence-corrected chi connectivity index (χ1v) is 14.5. The number of sulfone groups is 1. The van der Waals surface area contributed by atoms with E-state index in [1.54, 1.807) is 11.0 Å². The van der Waals surface area contributed by atoms with E-state index in [2.05, 4.69) is 0 Å². The van der Waals surface area contributed by atoms with Crippen molar-refractivity contribution in [2.45, 2.75) is 44.0 Å². The van der Waals surface area contributed by atoms with E-state index in [9.17, 15) is 21.6 Å². The molecular weight excluding hydrogens is 468 g/mol. The molecule has 33 heavy (non-hydrogen) atoms. The molecule has 0 unspecified atom stereocenters. The first-order valence-electron chi connectivity index (χ1n) is 11.2. The highest BCUT2D eigenvalue weighted by Gasteiger charge is 2.39. The zero-order chi connectivity index (χ0) is 24.4. The van der Waals surface area contributed by atoms with Crippen LogP contribution < -0.4 is 9.47 Å². The minimum absolute atomic E-state index is 0.0119. The number of carbonyl (C=O) groups excluding carboxylic acids is 1. The number of carbonyl (C=O) groups is 1. The predicted octanol–water partition coefficient (Wildman–Crippen LogP) is 1.78. The summed E-state index contributed by atoms with van der Waals surface area (Å²) in [4.78, 5) is 15.2. The molecule has 2 aliphatic rings. The van der Waals surface area contributed by atoms with Gasteiger partial charge in [0.15, 0.2) is 21.3 Å². The zero-order valence-corrected chi connectivity index (χ0v) is 21.3. The molecule has 186 valence electrons. The number of methoxy groups -OCH3 is 2. The molecule has 2 saturated heterocycles. The van der Waals surface area contributed by atoms with Gasteiger partial charge in [0.25, 0.3) is 0 Å². The van der Waals surface area contributed by atoms with E-state index in [4.69, 9.17) is 9.47 Å². The van der Waals surface area contributed by atoms with Crippen LogP contribution in [0.4, 0.5) is 0 Å². The topological polar surface area (TPSA) is 110 Å². The highest BCUT2D eigenvalue weighted by atomic mass is 32.2. The van der Waals surface area contributed by atoms with Gasteiger partial charge in [-0.05, 0) is 37.3 Å². The van der Waals surface area contributed by atoms with Crippen LogP contribution in [-0.4, -0.2) is 83.3 Å². The van der Waals surface area contributed by atoms with Crippen molar-refractivity contribution in [2.24, 2.45) is 11.8 Å². The number of benzene rings is 1. The first kappa shape index (κ1) is 25.8. The molecule has 1 atom stereocenters. The van der Waals surface area contributed by atoms with E-state index >= 15 is 0 Å². The summed E-state index contributed by atoms with van der Waals surface area (Å²) in [6, 6.07) is 4.19. The fraction of sp³-hybridized carbons (Fsp3) is 0.682. The van der Waals surface area contributed by atoms with Crippen molar-refractivity contribution < 1.29 is 31.1 Å². The molecule has 9 nitrogen and oxygen atoms in total. The largest absolute Gasteiger partial charge is 0.493 e. The molecule has 1 amide bonds. The molecule has 2 fully saturated rings. The third kappa shape index (κ3) is 5.81. The monoisotopic (exact) mass is 502 g/mol. The number of piperidine rings is 1. The van der Waals surface area contributed by atoms with Crippen molar-refractivity contribution >= 4 is 25.8 Å². The van der Waals surface area contributed by atoms with Crippen LogP contribution in [0.2, 0.25) is 0 Å². The van der Waals surface area contributed by atoms with Crippen molar-refractivity contribution in [3.05, 3.63) is 18.2 Å². The molecule has 1 aromatic rings. The van der Waals surface area contributed by atoms with Gasteiger partial charge in [-0.15, -0.1) is 0 Å². The van der Waals surface area contributed by atoms with Crippen LogP contribution >= 0.6 is 0 Å². The quantitative estimate of drug-likeness (QED) is 0.533. The smallest absolute Gasteiger partial charge is 0.243 e. The Labute approximate surface area is 197 Å². The predicted molar refractivity (Wildman–Crippen MR) is 125 cm³/mol. The molecule has 0 aromatic heterocycles. The lowest BCUT2D eigenvalue weighted by Gasteiger charge is -2.36. The number of ether oxygens (including phenoxy) is 2. The van der Waals surface area contributed by atoms with Gasteiger partial charge in [0.2, 0.25) is 15.9 Å². The molecule has 11 heteroatoms. The molecule has 2 aliphatic heterocycles. The van der Waals surface area contributed by atoms with Crippen molar-refractivity contribution in [1.29, 1.82) is 0 Å². The molecule has 0 aliphatic carbocycles. The molecule has 0 radical (unpaired) electrons. The number of hydrogen-bond acceptors (Lipinski definition) is 7. The Bertz CT molecular complexity index is 1060. The summed E-state index contributed by atoms with van der Waals surface area (Å²) in [6.45, 7) is 4.96. The van der Waals surface area contributed by atoms with Crippen LogP contribution in [0.1, 0.15) is 33.1 Å². The summed E-state index contributed by atoms with van der Waals surface area (Å²) in [6.07, 6.45) is 1.27. The molecule has 0 spiro atoms. The van der Waals surface area contributed by atoms with Crippen molar-refractivity contribution in [1.82, 2.24) is 9.21 Å². The summed E-state index contributed by atoms with van der Waals surface area (Å²) >= 11 is 0. The maximum Gasteiger partial charge on any atom is 0.243 e. The highest BCUT2D eigenvalue weighted by Crippen LogP contribution is 2.32. The van der Waals surface area contributed by atoms with Gasteiger partial charge in [-0.1, -0.05) is 13.8 Å².